The second-order valence-electron chi connectivity index (χ2n) is 5.07. The van der Waals surface area contributed by atoms with Crippen LogP contribution < -0.4 is 10.6 Å². The summed E-state index contributed by atoms with van der Waals surface area (Å²) in [4.78, 5) is 4.62. The molecule has 1 fully saturated rings. The third-order valence-electron chi connectivity index (χ3n) is 3.60. The Balaban J connectivity index is 1.84. The molecule has 0 amide bonds. The average molecular weight is 293 g/mol. The predicted octanol–water partition coefficient (Wildman–Crippen LogP) is 2.33. The normalized spacial score (nSPS) is 16.6. The predicted molar refractivity (Wildman–Crippen MR) is 81.1 cm³/mol. The molecular formula is C14H17ClN4O. The highest BCUT2D eigenvalue weighted by molar-refractivity contribution is 6.33. The molecule has 0 bridgehead atoms. The molecule has 1 aromatic heterocycles. The number of nitrogens with zero attached hydrogens (tertiary/aromatic N) is 3. The van der Waals surface area contributed by atoms with Crippen LogP contribution in [0.25, 0.3) is 11.3 Å². The minimum atomic E-state index is 0.374. The second-order valence-corrected chi connectivity index (χ2v) is 5.48. The van der Waals surface area contributed by atoms with E-state index in [0.29, 0.717) is 11.6 Å². The van der Waals surface area contributed by atoms with Crippen LogP contribution in [0.2, 0.25) is 5.02 Å². The summed E-state index contributed by atoms with van der Waals surface area (Å²) < 4.78 is 5.15. The maximum atomic E-state index is 6.41. The molecule has 106 valence electrons. The fourth-order valence-electron chi connectivity index (χ4n) is 2.39. The number of piperazine rings is 1. The molecular weight excluding hydrogens is 276 g/mol. The standard InChI is InChI=1S/C14H17ClN4O/c1-18-4-6-19(7-5-18)12-3-2-10(8-11(12)15)13-9-14(16)17-20-13/h2-3,8-9H,4-7H2,1H3,(H2,16,17). The number of benzene rings is 1. The van der Waals surface area contributed by atoms with Gasteiger partial charge in [0.2, 0.25) is 0 Å². The summed E-state index contributed by atoms with van der Waals surface area (Å²) in [6.07, 6.45) is 0. The molecule has 0 radical (unpaired) electrons. The maximum absolute atomic E-state index is 6.41. The smallest absolute Gasteiger partial charge is 0.169 e. The lowest BCUT2D eigenvalue weighted by Gasteiger charge is -2.34. The summed E-state index contributed by atoms with van der Waals surface area (Å²) >= 11 is 6.41. The van der Waals surface area contributed by atoms with Crippen LogP contribution in [0, 0.1) is 0 Å². The molecule has 1 aliphatic rings. The molecule has 0 spiro atoms. The molecule has 2 aromatic rings. The first-order valence-electron chi connectivity index (χ1n) is 6.59. The van der Waals surface area contributed by atoms with Gasteiger partial charge in [0.15, 0.2) is 11.6 Å². The summed E-state index contributed by atoms with van der Waals surface area (Å²) in [6, 6.07) is 7.61. The van der Waals surface area contributed by atoms with Gasteiger partial charge < -0.3 is 20.1 Å². The molecule has 5 nitrogen and oxygen atoms in total. The Bertz CT molecular complexity index is 605. The number of nitrogen functional groups attached to an aromatic ring is 1. The van der Waals surface area contributed by atoms with Crippen molar-refractivity contribution in [2.45, 2.75) is 0 Å². The van der Waals surface area contributed by atoms with E-state index in [1.165, 1.54) is 0 Å². The Morgan fingerprint density at radius 2 is 1.95 bits per heavy atom. The molecule has 2 N–H and O–H groups in total. The molecule has 0 aliphatic carbocycles. The van der Waals surface area contributed by atoms with Crippen LogP contribution in [-0.2, 0) is 0 Å². The van der Waals surface area contributed by atoms with Gasteiger partial charge in [0.1, 0.15) is 0 Å². The summed E-state index contributed by atoms with van der Waals surface area (Å²) in [6.45, 7) is 4.09. The number of anilines is 2. The molecule has 6 heteroatoms. The van der Waals surface area contributed by atoms with E-state index in [1.807, 2.05) is 18.2 Å². The Morgan fingerprint density at radius 1 is 1.20 bits per heavy atom. The van der Waals surface area contributed by atoms with Gasteiger partial charge >= 0.3 is 0 Å². The van der Waals surface area contributed by atoms with Crippen LogP contribution in [0.4, 0.5) is 11.5 Å². The monoisotopic (exact) mass is 292 g/mol. The quantitative estimate of drug-likeness (QED) is 0.920. The lowest BCUT2D eigenvalue weighted by Crippen LogP contribution is -2.44. The van der Waals surface area contributed by atoms with Crippen LogP contribution in [-0.4, -0.2) is 43.3 Å². The van der Waals surface area contributed by atoms with Crippen molar-refractivity contribution in [2.24, 2.45) is 0 Å². The van der Waals surface area contributed by atoms with Crippen LogP contribution in [0.3, 0.4) is 0 Å². The first-order chi connectivity index (χ1) is 9.63. The highest BCUT2D eigenvalue weighted by atomic mass is 35.5. The van der Waals surface area contributed by atoms with Gasteiger partial charge in [-0.3, -0.25) is 0 Å². The largest absolute Gasteiger partial charge is 0.381 e. The van der Waals surface area contributed by atoms with Gasteiger partial charge in [0.05, 0.1) is 10.7 Å². The number of hydrogen-bond donors (Lipinski definition) is 1. The van der Waals surface area contributed by atoms with Crippen LogP contribution in [0.15, 0.2) is 28.8 Å². The molecule has 3 rings (SSSR count). The number of aromatic nitrogens is 1. The zero-order valence-corrected chi connectivity index (χ0v) is 12.1. The van der Waals surface area contributed by atoms with E-state index in [-0.39, 0.29) is 0 Å². The lowest BCUT2D eigenvalue weighted by atomic mass is 10.1. The average Bonchev–Trinajstić information content (AvgIpc) is 2.87. The molecule has 1 saturated heterocycles. The molecule has 0 atom stereocenters. The fraction of sp³-hybridized carbons (Fsp3) is 0.357. The molecule has 1 aromatic carbocycles. The topological polar surface area (TPSA) is 58.5 Å². The molecule has 20 heavy (non-hydrogen) atoms. The Morgan fingerprint density at radius 3 is 2.55 bits per heavy atom. The Hall–Kier alpha value is -1.72. The van der Waals surface area contributed by atoms with Gasteiger partial charge in [-0.05, 0) is 25.2 Å². The number of hydrogen-bond acceptors (Lipinski definition) is 5. The zero-order valence-electron chi connectivity index (χ0n) is 11.3. The SMILES string of the molecule is CN1CCN(c2ccc(-c3cc(N)no3)cc2Cl)CC1. The van der Waals surface area contributed by atoms with E-state index in [9.17, 15) is 0 Å². The zero-order chi connectivity index (χ0) is 14.1. The van der Waals surface area contributed by atoms with E-state index in [1.54, 1.807) is 6.07 Å². The minimum absolute atomic E-state index is 0.374. The highest BCUT2D eigenvalue weighted by Gasteiger charge is 2.17. The van der Waals surface area contributed by atoms with E-state index in [0.717, 1.165) is 42.5 Å². The lowest BCUT2D eigenvalue weighted by molar-refractivity contribution is 0.313. The first-order valence-corrected chi connectivity index (χ1v) is 6.97. The van der Waals surface area contributed by atoms with Gasteiger partial charge in [-0.1, -0.05) is 16.8 Å². The molecule has 1 aliphatic heterocycles. The molecule has 2 heterocycles. The fourth-order valence-corrected chi connectivity index (χ4v) is 2.69. The minimum Gasteiger partial charge on any atom is -0.381 e. The first kappa shape index (κ1) is 13.3. The van der Waals surface area contributed by atoms with Crippen molar-refractivity contribution in [3.63, 3.8) is 0 Å². The molecule has 0 saturated carbocycles. The van der Waals surface area contributed by atoms with Crippen molar-refractivity contribution < 1.29 is 4.52 Å². The van der Waals surface area contributed by atoms with Crippen molar-refractivity contribution in [1.82, 2.24) is 10.1 Å². The molecule has 0 unspecified atom stereocenters. The van der Waals surface area contributed by atoms with E-state index in [2.05, 4.69) is 22.0 Å². The van der Waals surface area contributed by atoms with Gasteiger partial charge in [-0.15, -0.1) is 0 Å². The summed E-state index contributed by atoms with van der Waals surface area (Å²) in [5, 5.41) is 4.41. The van der Waals surface area contributed by atoms with E-state index < -0.39 is 0 Å². The number of likely N-dealkylation sites (N-methyl/N-ethyl adjacent to an activating group) is 1. The summed E-state index contributed by atoms with van der Waals surface area (Å²) in [5.74, 6) is 1.01. The highest BCUT2D eigenvalue weighted by Crippen LogP contribution is 2.32. The summed E-state index contributed by atoms with van der Waals surface area (Å²) in [7, 11) is 2.14. The van der Waals surface area contributed by atoms with E-state index in [4.69, 9.17) is 21.9 Å². The van der Waals surface area contributed by atoms with Crippen LogP contribution in [0.1, 0.15) is 0 Å². The Kier molecular flexibility index (Phi) is 3.54. The van der Waals surface area contributed by atoms with Crippen LogP contribution >= 0.6 is 11.6 Å². The van der Waals surface area contributed by atoms with Gasteiger partial charge in [0, 0.05) is 37.8 Å². The van der Waals surface area contributed by atoms with Crippen molar-refractivity contribution in [3.8, 4) is 11.3 Å². The second kappa shape index (κ2) is 5.34. The number of rotatable bonds is 2. The van der Waals surface area contributed by atoms with E-state index >= 15 is 0 Å². The van der Waals surface area contributed by atoms with Crippen LogP contribution in [0.5, 0.6) is 0 Å². The van der Waals surface area contributed by atoms with Crippen molar-refractivity contribution in [3.05, 3.63) is 29.3 Å². The number of nitrogens with two attached hydrogens (primary N) is 1. The third-order valence-corrected chi connectivity index (χ3v) is 3.91. The third kappa shape index (κ3) is 2.59. The van der Waals surface area contributed by atoms with Gasteiger partial charge in [-0.25, -0.2) is 0 Å². The van der Waals surface area contributed by atoms with Crippen molar-refractivity contribution >= 4 is 23.1 Å². The number of halogens is 1. The van der Waals surface area contributed by atoms with Crippen molar-refractivity contribution in [2.75, 3.05) is 43.9 Å². The van der Waals surface area contributed by atoms with Gasteiger partial charge in [-0.2, -0.15) is 0 Å². The van der Waals surface area contributed by atoms with Crippen molar-refractivity contribution in [1.29, 1.82) is 0 Å². The maximum Gasteiger partial charge on any atom is 0.169 e. The van der Waals surface area contributed by atoms with Gasteiger partial charge in [0.25, 0.3) is 0 Å². The summed E-state index contributed by atoms with van der Waals surface area (Å²) in [5.41, 5.74) is 7.52. The Labute approximate surface area is 122 Å².